The van der Waals surface area contributed by atoms with E-state index >= 15 is 0 Å². The summed E-state index contributed by atoms with van der Waals surface area (Å²) in [6.45, 7) is 4.05. The monoisotopic (exact) mass is 460 g/mol. The standard InChI is InChI=1S/C24H32N2O5S/c1-2-3-12-26-21-16-19(22(27)15-18-8-7-13-30-14-11-18)17-23(32(25,28)29)24(21)31-20-9-5-4-6-10-20/h4-6,9-10,16-18,26H,2-3,7-8,11-15H2,1H3,(H2,25,28,29). The summed E-state index contributed by atoms with van der Waals surface area (Å²) in [5, 5.41) is 8.78. The average Bonchev–Trinajstić information content (AvgIpc) is 3.03. The van der Waals surface area contributed by atoms with Gasteiger partial charge in [0, 0.05) is 31.7 Å². The Morgan fingerprint density at radius 2 is 1.97 bits per heavy atom. The molecule has 32 heavy (non-hydrogen) atoms. The fraction of sp³-hybridized carbons (Fsp3) is 0.458. The smallest absolute Gasteiger partial charge is 0.241 e. The number of nitrogens with one attached hydrogen (secondary N) is 1. The highest BCUT2D eigenvalue weighted by atomic mass is 32.2. The van der Waals surface area contributed by atoms with Crippen molar-refractivity contribution < 1.29 is 22.7 Å². The lowest BCUT2D eigenvalue weighted by molar-refractivity contribution is 0.0952. The number of hydrogen-bond donors (Lipinski definition) is 2. The van der Waals surface area contributed by atoms with E-state index in [4.69, 9.17) is 14.6 Å². The van der Waals surface area contributed by atoms with E-state index in [-0.39, 0.29) is 22.3 Å². The quantitative estimate of drug-likeness (QED) is 0.392. The van der Waals surface area contributed by atoms with Gasteiger partial charge in [0.05, 0.1) is 5.69 Å². The first-order valence-corrected chi connectivity index (χ1v) is 12.7. The number of rotatable bonds is 10. The molecule has 3 rings (SSSR count). The zero-order valence-electron chi connectivity index (χ0n) is 18.5. The summed E-state index contributed by atoms with van der Waals surface area (Å²) < 4.78 is 36.4. The largest absolute Gasteiger partial charge is 0.454 e. The number of carbonyl (C=O) groups is 1. The molecule has 2 aromatic carbocycles. The maximum absolute atomic E-state index is 13.1. The molecule has 1 saturated heterocycles. The number of ether oxygens (including phenoxy) is 2. The van der Waals surface area contributed by atoms with Gasteiger partial charge in [-0.2, -0.15) is 0 Å². The van der Waals surface area contributed by atoms with Crippen molar-refractivity contribution in [2.75, 3.05) is 25.1 Å². The molecule has 8 heteroatoms. The van der Waals surface area contributed by atoms with Crippen molar-refractivity contribution in [3.05, 3.63) is 48.0 Å². The van der Waals surface area contributed by atoms with E-state index in [9.17, 15) is 13.2 Å². The number of anilines is 1. The van der Waals surface area contributed by atoms with Crippen LogP contribution in [0.25, 0.3) is 0 Å². The van der Waals surface area contributed by atoms with Gasteiger partial charge in [-0.3, -0.25) is 4.79 Å². The highest BCUT2D eigenvalue weighted by molar-refractivity contribution is 7.89. The molecule has 1 heterocycles. The van der Waals surface area contributed by atoms with Crippen LogP contribution in [0, 0.1) is 5.92 Å². The zero-order valence-corrected chi connectivity index (χ0v) is 19.3. The van der Waals surface area contributed by atoms with Gasteiger partial charge in [0.2, 0.25) is 10.0 Å². The second kappa shape index (κ2) is 11.4. The van der Waals surface area contributed by atoms with Crippen molar-refractivity contribution in [1.29, 1.82) is 0 Å². The van der Waals surface area contributed by atoms with Gasteiger partial charge < -0.3 is 14.8 Å². The van der Waals surface area contributed by atoms with Crippen LogP contribution < -0.4 is 15.2 Å². The molecule has 1 atom stereocenters. The van der Waals surface area contributed by atoms with Crippen molar-refractivity contribution in [3.63, 3.8) is 0 Å². The molecule has 0 spiro atoms. The zero-order chi connectivity index (χ0) is 23.0. The van der Waals surface area contributed by atoms with Crippen LogP contribution in [0.4, 0.5) is 5.69 Å². The molecule has 0 bridgehead atoms. The van der Waals surface area contributed by atoms with E-state index in [0.29, 0.717) is 36.6 Å². The van der Waals surface area contributed by atoms with Crippen LogP contribution >= 0.6 is 0 Å². The fourth-order valence-corrected chi connectivity index (χ4v) is 4.47. The van der Waals surface area contributed by atoms with Crippen LogP contribution in [-0.2, 0) is 14.8 Å². The van der Waals surface area contributed by atoms with Gasteiger partial charge in [0.15, 0.2) is 11.5 Å². The Labute approximate surface area is 190 Å². The first-order valence-electron chi connectivity index (χ1n) is 11.2. The minimum absolute atomic E-state index is 0.105. The topological polar surface area (TPSA) is 108 Å². The van der Waals surface area contributed by atoms with Crippen molar-refractivity contribution in [2.45, 2.75) is 50.3 Å². The van der Waals surface area contributed by atoms with Crippen molar-refractivity contribution in [3.8, 4) is 11.5 Å². The first kappa shape index (κ1) is 24.2. The van der Waals surface area contributed by atoms with Gasteiger partial charge in [-0.15, -0.1) is 0 Å². The number of Topliss-reactive ketones (excluding diaryl/α,β-unsaturated/α-hetero) is 1. The van der Waals surface area contributed by atoms with Gasteiger partial charge in [-0.25, -0.2) is 13.6 Å². The second-order valence-corrected chi connectivity index (χ2v) is 9.66. The molecule has 174 valence electrons. The van der Waals surface area contributed by atoms with E-state index in [2.05, 4.69) is 12.2 Å². The predicted octanol–water partition coefficient (Wildman–Crippen LogP) is 4.73. The summed E-state index contributed by atoms with van der Waals surface area (Å²) in [6, 6.07) is 11.9. The fourth-order valence-electron chi connectivity index (χ4n) is 3.77. The van der Waals surface area contributed by atoms with Crippen molar-refractivity contribution in [1.82, 2.24) is 0 Å². The Bertz CT molecular complexity index is 1000. The molecule has 7 nitrogen and oxygen atoms in total. The summed E-state index contributed by atoms with van der Waals surface area (Å²) in [5.41, 5.74) is 0.764. The van der Waals surface area contributed by atoms with E-state index in [1.165, 1.54) is 6.07 Å². The number of unbranched alkanes of at least 4 members (excludes halogenated alkanes) is 1. The third-order valence-corrected chi connectivity index (χ3v) is 6.45. The summed E-state index contributed by atoms with van der Waals surface area (Å²) >= 11 is 0. The van der Waals surface area contributed by atoms with Crippen molar-refractivity contribution >= 4 is 21.5 Å². The summed E-state index contributed by atoms with van der Waals surface area (Å²) in [5.74, 6) is 0.703. The number of ketones is 1. The summed E-state index contributed by atoms with van der Waals surface area (Å²) in [4.78, 5) is 12.9. The highest BCUT2D eigenvalue weighted by Gasteiger charge is 2.25. The van der Waals surface area contributed by atoms with Gasteiger partial charge in [0.1, 0.15) is 10.6 Å². The molecule has 0 aromatic heterocycles. The third-order valence-electron chi connectivity index (χ3n) is 5.54. The lowest BCUT2D eigenvalue weighted by Crippen LogP contribution is -2.17. The summed E-state index contributed by atoms with van der Waals surface area (Å²) in [7, 11) is -4.14. The maximum Gasteiger partial charge on any atom is 0.241 e. The number of primary sulfonamides is 1. The van der Waals surface area contributed by atoms with Gasteiger partial charge >= 0.3 is 0 Å². The van der Waals surface area contributed by atoms with E-state index in [1.54, 1.807) is 30.3 Å². The van der Waals surface area contributed by atoms with Crippen LogP contribution in [0.5, 0.6) is 11.5 Å². The van der Waals surface area contributed by atoms with Crippen LogP contribution in [0.2, 0.25) is 0 Å². The molecule has 1 fully saturated rings. The lowest BCUT2D eigenvalue weighted by atomic mass is 9.92. The minimum atomic E-state index is -4.14. The molecule has 3 N–H and O–H groups in total. The van der Waals surface area contributed by atoms with Crippen LogP contribution in [0.1, 0.15) is 55.8 Å². The maximum atomic E-state index is 13.1. The molecular formula is C24H32N2O5S. The van der Waals surface area contributed by atoms with Gasteiger partial charge in [0.25, 0.3) is 0 Å². The Morgan fingerprint density at radius 1 is 1.19 bits per heavy atom. The van der Waals surface area contributed by atoms with E-state index in [0.717, 1.165) is 38.7 Å². The SMILES string of the molecule is CCCCNc1cc(C(=O)CC2CCCOCC2)cc(S(N)(=O)=O)c1Oc1ccccc1. The molecule has 0 radical (unpaired) electrons. The Morgan fingerprint density at radius 3 is 2.69 bits per heavy atom. The number of sulfonamides is 1. The normalized spacial score (nSPS) is 16.9. The molecule has 0 saturated carbocycles. The Kier molecular flexibility index (Phi) is 8.67. The number of carbonyl (C=O) groups excluding carboxylic acids is 1. The molecular weight excluding hydrogens is 428 g/mol. The van der Waals surface area contributed by atoms with Crippen molar-refractivity contribution in [2.24, 2.45) is 11.1 Å². The molecule has 1 unspecified atom stereocenters. The number of hydrogen-bond acceptors (Lipinski definition) is 6. The van der Waals surface area contributed by atoms with E-state index in [1.807, 2.05) is 6.07 Å². The van der Waals surface area contributed by atoms with E-state index < -0.39 is 10.0 Å². The molecule has 2 aromatic rings. The second-order valence-electron chi connectivity index (χ2n) is 8.13. The number of benzene rings is 2. The highest BCUT2D eigenvalue weighted by Crippen LogP contribution is 2.38. The minimum Gasteiger partial charge on any atom is -0.454 e. The molecule has 0 amide bonds. The van der Waals surface area contributed by atoms with Gasteiger partial charge in [-0.05, 0) is 55.9 Å². The van der Waals surface area contributed by atoms with Crippen LogP contribution in [-0.4, -0.2) is 34.0 Å². The molecule has 0 aliphatic carbocycles. The lowest BCUT2D eigenvalue weighted by Gasteiger charge is -2.18. The summed E-state index contributed by atoms with van der Waals surface area (Å²) in [6.07, 6.45) is 4.87. The molecule has 1 aliphatic rings. The third kappa shape index (κ3) is 6.79. The Hall–Kier alpha value is -2.42. The first-order chi connectivity index (χ1) is 15.4. The van der Waals surface area contributed by atoms with Gasteiger partial charge in [-0.1, -0.05) is 31.5 Å². The van der Waals surface area contributed by atoms with Crippen LogP contribution in [0.3, 0.4) is 0 Å². The number of para-hydroxylation sites is 1. The number of nitrogens with two attached hydrogens (primary N) is 1. The molecule has 1 aliphatic heterocycles. The average molecular weight is 461 g/mol. The van der Waals surface area contributed by atoms with Crippen LogP contribution in [0.15, 0.2) is 47.4 Å². The predicted molar refractivity (Wildman–Crippen MR) is 125 cm³/mol. The Balaban J connectivity index is 1.98.